The fraction of sp³-hybridized carbons (Fsp3) is 0.421. The minimum Gasteiger partial charge on any atom is -0.366 e. The highest BCUT2D eigenvalue weighted by molar-refractivity contribution is 7.12. The van der Waals surface area contributed by atoms with Crippen LogP contribution in [0.25, 0.3) is 0 Å². The Kier molecular flexibility index (Phi) is 5.99. The number of rotatable bonds is 4. The number of nitrogens with zero attached hydrogens (tertiary/aromatic N) is 2. The number of benzene rings is 1. The van der Waals surface area contributed by atoms with Crippen LogP contribution in [0.5, 0.6) is 0 Å². The number of aryl methyl sites for hydroxylation is 1. The summed E-state index contributed by atoms with van der Waals surface area (Å²) in [6.45, 7) is 4.91. The summed E-state index contributed by atoms with van der Waals surface area (Å²) in [4.78, 5) is 17.9. The maximum atomic E-state index is 12.0. The minimum absolute atomic E-state index is 0. The maximum Gasteiger partial charge on any atom is 0.261 e. The number of thiophene rings is 1. The molecule has 1 N–H and O–H groups in total. The zero-order chi connectivity index (χ0) is 16.4. The molecule has 134 valence electrons. The molecule has 1 fully saturated rings. The van der Waals surface area contributed by atoms with Crippen molar-refractivity contribution >= 4 is 35.3 Å². The average molecular weight is 378 g/mol. The van der Waals surface area contributed by atoms with Gasteiger partial charge in [0.2, 0.25) is 0 Å². The highest BCUT2D eigenvalue weighted by Crippen LogP contribution is 2.32. The monoisotopic (exact) mass is 377 g/mol. The molecular formula is C19H24ClN3OS. The van der Waals surface area contributed by atoms with E-state index in [0.717, 1.165) is 37.6 Å². The summed E-state index contributed by atoms with van der Waals surface area (Å²) in [5, 5.41) is 4.98. The third-order valence-corrected chi connectivity index (χ3v) is 5.94. The van der Waals surface area contributed by atoms with Crippen LogP contribution in [0.15, 0.2) is 41.8 Å². The van der Waals surface area contributed by atoms with Gasteiger partial charge in [0.15, 0.2) is 0 Å². The molecule has 1 aromatic heterocycles. The van der Waals surface area contributed by atoms with Gasteiger partial charge in [-0.3, -0.25) is 9.69 Å². The second-order valence-electron chi connectivity index (χ2n) is 6.55. The van der Waals surface area contributed by atoms with Gasteiger partial charge in [0, 0.05) is 44.5 Å². The Morgan fingerprint density at radius 3 is 2.92 bits per heavy atom. The Bertz CT molecular complexity index is 706. The van der Waals surface area contributed by atoms with E-state index < -0.39 is 0 Å². The van der Waals surface area contributed by atoms with Crippen LogP contribution in [-0.4, -0.2) is 49.6 Å². The van der Waals surface area contributed by atoms with Crippen molar-refractivity contribution in [1.29, 1.82) is 0 Å². The van der Waals surface area contributed by atoms with Crippen LogP contribution in [-0.2, 0) is 6.42 Å². The Morgan fingerprint density at radius 2 is 2.08 bits per heavy atom. The molecule has 0 radical (unpaired) electrons. The lowest BCUT2D eigenvalue weighted by Gasteiger charge is -2.46. The van der Waals surface area contributed by atoms with Gasteiger partial charge in [0.1, 0.15) is 0 Å². The highest BCUT2D eigenvalue weighted by Gasteiger charge is 2.31. The van der Waals surface area contributed by atoms with Crippen LogP contribution >= 0.6 is 23.7 Å². The zero-order valence-corrected chi connectivity index (χ0v) is 15.8. The molecule has 1 saturated heterocycles. The largest absolute Gasteiger partial charge is 0.366 e. The molecule has 1 aromatic carbocycles. The number of nitrogens with one attached hydrogen (secondary N) is 1. The standard InChI is InChI=1S/C19H23N3OS.ClH/c23-19(18-6-3-13-24-18)20-9-10-21-11-12-22-16(14-21)8-7-15-4-1-2-5-17(15)22;/h1-6,13,16H,7-12,14H2,(H,20,23);1H. The second-order valence-corrected chi connectivity index (χ2v) is 7.50. The zero-order valence-electron chi connectivity index (χ0n) is 14.2. The van der Waals surface area contributed by atoms with E-state index in [-0.39, 0.29) is 18.3 Å². The number of carbonyl (C=O) groups is 1. The van der Waals surface area contributed by atoms with Crippen molar-refractivity contribution in [2.24, 2.45) is 0 Å². The predicted molar refractivity (Wildman–Crippen MR) is 106 cm³/mol. The summed E-state index contributed by atoms with van der Waals surface area (Å²) in [6, 6.07) is 13.2. The third kappa shape index (κ3) is 4.00. The minimum atomic E-state index is 0. The van der Waals surface area contributed by atoms with Crippen molar-refractivity contribution in [2.45, 2.75) is 18.9 Å². The molecular weight excluding hydrogens is 354 g/mol. The van der Waals surface area contributed by atoms with Gasteiger partial charge in [-0.15, -0.1) is 23.7 Å². The lowest BCUT2D eigenvalue weighted by atomic mass is 9.94. The molecule has 0 bridgehead atoms. The quantitative estimate of drug-likeness (QED) is 0.889. The number of para-hydroxylation sites is 1. The molecule has 2 aromatic rings. The van der Waals surface area contributed by atoms with Gasteiger partial charge in [0.25, 0.3) is 5.91 Å². The van der Waals surface area contributed by atoms with Crippen molar-refractivity contribution < 1.29 is 4.79 Å². The summed E-state index contributed by atoms with van der Waals surface area (Å²) in [5.74, 6) is 0.0511. The molecule has 2 aliphatic heterocycles. The van der Waals surface area contributed by atoms with Gasteiger partial charge in [-0.05, 0) is 35.9 Å². The van der Waals surface area contributed by atoms with Crippen molar-refractivity contribution in [1.82, 2.24) is 10.2 Å². The van der Waals surface area contributed by atoms with E-state index in [2.05, 4.69) is 39.4 Å². The topological polar surface area (TPSA) is 35.6 Å². The van der Waals surface area contributed by atoms with Crippen LogP contribution in [0.1, 0.15) is 21.7 Å². The molecule has 0 saturated carbocycles. The second kappa shape index (κ2) is 8.21. The van der Waals surface area contributed by atoms with Crippen LogP contribution in [0.4, 0.5) is 5.69 Å². The molecule has 1 unspecified atom stereocenters. The van der Waals surface area contributed by atoms with E-state index in [0.29, 0.717) is 6.04 Å². The Hall–Kier alpha value is -1.56. The molecule has 2 aliphatic rings. The lowest BCUT2D eigenvalue weighted by molar-refractivity contribution is 0.0950. The number of hydrogen-bond donors (Lipinski definition) is 1. The maximum absolute atomic E-state index is 12.0. The van der Waals surface area contributed by atoms with Crippen molar-refractivity contribution in [3.8, 4) is 0 Å². The molecule has 3 heterocycles. The van der Waals surface area contributed by atoms with E-state index in [1.165, 1.54) is 35.4 Å². The summed E-state index contributed by atoms with van der Waals surface area (Å²) in [7, 11) is 0. The number of hydrogen-bond acceptors (Lipinski definition) is 4. The summed E-state index contributed by atoms with van der Waals surface area (Å²) >= 11 is 1.49. The first-order chi connectivity index (χ1) is 11.8. The number of halogens is 1. The predicted octanol–water partition coefficient (Wildman–Crippen LogP) is 3.04. The van der Waals surface area contributed by atoms with Crippen LogP contribution in [0.2, 0.25) is 0 Å². The van der Waals surface area contributed by atoms with Crippen molar-refractivity contribution in [2.75, 3.05) is 37.6 Å². The van der Waals surface area contributed by atoms with Crippen molar-refractivity contribution in [3.05, 3.63) is 52.2 Å². The first kappa shape index (κ1) is 18.2. The van der Waals surface area contributed by atoms with E-state index in [1.54, 1.807) is 0 Å². The van der Waals surface area contributed by atoms with Gasteiger partial charge < -0.3 is 10.2 Å². The molecule has 1 atom stereocenters. The van der Waals surface area contributed by atoms with Crippen molar-refractivity contribution in [3.63, 3.8) is 0 Å². The van der Waals surface area contributed by atoms with E-state index >= 15 is 0 Å². The fourth-order valence-electron chi connectivity index (χ4n) is 3.83. The van der Waals surface area contributed by atoms with Gasteiger partial charge in [-0.1, -0.05) is 24.3 Å². The molecule has 0 spiro atoms. The first-order valence-electron chi connectivity index (χ1n) is 8.70. The van der Waals surface area contributed by atoms with E-state index in [4.69, 9.17) is 0 Å². The Labute approximate surface area is 159 Å². The number of anilines is 1. The molecule has 0 aliphatic carbocycles. The van der Waals surface area contributed by atoms with Gasteiger partial charge in [0.05, 0.1) is 4.88 Å². The highest BCUT2D eigenvalue weighted by atomic mass is 35.5. The smallest absolute Gasteiger partial charge is 0.261 e. The van der Waals surface area contributed by atoms with Crippen LogP contribution in [0, 0.1) is 0 Å². The fourth-order valence-corrected chi connectivity index (χ4v) is 4.47. The summed E-state index contributed by atoms with van der Waals surface area (Å²) in [6.07, 6.45) is 2.41. The Balaban J connectivity index is 0.00000182. The van der Waals surface area contributed by atoms with E-state index in [1.807, 2.05) is 17.5 Å². The number of fused-ring (bicyclic) bond motifs is 3. The molecule has 4 nitrogen and oxygen atoms in total. The molecule has 4 rings (SSSR count). The van der Waals surface area contributed by atoms with E-state index in [9.17, 15) is 4.79 Å². The average Bonchev–Trinajstić information content (AvgIpc) is 3.16. The SMILES string of the molecule is Cl.O=C(NCCN1CCN2c3ccccc3CCC2C1)c1cccs1. The molecule has 6 heteroatoms. The molecule has 25 heavy (non-hydrogen) atoms. The number of amides is 1. The molecule has 1 amide bonds. The Morgan fingerprint density at radius 1 is 1.20 bits per heavy atom. The third-order valence-electron chi connectivity index (χ3n) is 5.07. The van der Waals surface area contributed by atoms with Gasteiger partial charge in [-0.2, -0.15) is 0 Å². The van der Waals surface area contributed by atoms with Crippen LogP contribution < -0.4 is 10.2 Å². The van der Waals surface area contributed by atoms with Gasteiger partial charge >= 0.3 is 0 Å². The first-order valence-corrected chi connectivity index (χ1v) is 9.58. The normalized spacial score (nSPS) is 19.5. The van der Waals surface area contributed by atoms with Gasteiger partial charge in [-0.25, -0.2) is 0 Å². The number of piperazine rings is 1. The summed E-state index contributed by atoms with van der Waals surface area (Å²) in [5.41, 5.74) is 2.92. The number of carbonyl (C=O) groups excluding carboxylic acids is 1. The van der Waals surface area contributed by atoms with Crippen LogP contribution in [0.3, 0.4) is 0 Å². The summed E-state index contributed by atoms with van der Waals surface area (Å²) < 4.78 is 0. The lowest BCUT2D eigenvalue weighted by Crippen LogP contribution is -2.56.